The Morgan fingerprint density at radius 3 is 2.47 bits per heavy atom. The van der Waals surface area contributed by atoms with Gasteiger partial charge < -0.3 is 19.6 Å². The van der Waals surface area contributed by atoms with Gasteiger partial charge in [0.05, 0.1) is 18.8 Å². The number of anilines is 2. The molecule has 2 aromatic rings. The predicted octanol–water partition coefficient (Wildman–Crippen LogP) is 2.70. The van der Waals surface area contributed by atoms with Gasteiger partial charge in [-0.2, -0.15) is 18.2 Å². The molecule has 7 nitrogen and oxygen atoms in total. The Bertz CT molecular complexity index is 1060. The highest BCUT2D eigenvalue weighted by atomic mass is 19.4. The van der Waals surface area contributed by atoms with Gasteiger partial charge in [0, 0.05) is 25.7 Å². The highest BCUT2D eigenvalue weighted by Crippen LogP contribution is 2.43. The maximum atomic E-state index is 14.2. The van der Waals surface area contributed by atoms with E-state index in [0.717, 1.165) is 29.9 Å². The largest absolute Gasteiger partial charge is 0.508 e. The average Bonchev–Trinajstić information content (AvgIpc) is 3.23. The Morgan fingerprint density at radius 1 is 1.19 bits per heavy atom. The van der Waals surface area contributed by atoms with Crippen molar-refractivity contribution in [3.8, 4) is 5.75 Å². The number of phenolic OH excluding ortho intramolecular Hbond substituents is 1. The number of hydrogen-bond donors (Lipinski definition) is 1. The summed E-state index contributed by atoms with van der Waals surface area (Å²) in [5, 5.41) is 9.46. The third-order valence-corrected chi connectivity index (χ3v) is 6.82. The van der Waals surface area contributed by atoms with Crippen LogP contribution in [0.2, 0.25) is 0 Å². The van der Waals surface area contributed by atoms with Gasteiger partial charge in [-0.15, -0.1) is 0 Å². The van der Waals surface area contributed by atoms with E-state index >= 15 is 0 Å². The van der Waals surface area contributed by atoms with Crippen LogP contribution in [-0.4, -0.2) is 58.2 Å². The number of aromatic hydroxyl groups is 1. The first kappa shape index (κ1) is 21.1. The normalized spacial score (nSPS) is 27.1. The van der Waals surface area contributed by atoms with Crippen LogP contribution >= 0.6 is 0 Å². The van der Waals surface area contributed by atoms with Crippen molar-refractivity contribution in [3.05, 3.63) is 46.2 Å². The van der Waals surface area contributed by atoms with Gasteiger partial charge in [-0.1, -0.05) is 12.1 Å². The van der Waals surface area contributed by atoms with Gasteiger partial charge in [0.15, 0.2) is 5.54 Å². The molecule has 172 valence electrons. The highest BCUT2D eigenvalue weighted by Gasteiger charge is 2.59. The van der Waals surface area contributed by atoms with E-state index in [1.54, 1.807) is 12.1 Å². The number of halogens is 3. The van der Waals surface area contributed by atoms with E-state index in [-0.39, 0.29) is 30.5 Å². The molecule has 0 aliphatic carbocycles. The van der Waals surface area contributed by atoms with E-state index in [9.17, 15) is 23.1 Å². The van der Waals surface area contributed by atoms with E-state index in [2.05, 4.69) is 4.98 Å². The number of aromatic nitrogens is 2. The summed E-state index contributed by atoms with van der Waals surface area (Å²) in [6.45, 7) is 1.81. The zero-order valence-electron chi connectivity index (χ0n) is 17.7. The SMILES string of the molecule is C[C@@]1(C(F)(F)F)Cn2c(nc(N3CC4CCC(C3)O4)cc2=O)N1CCc1ccc(O)cc1. The lowest BCUT2D eigenvalue weighted by Crippen LogP contribution is -2.56. The molecule has 3 aliphatic rings. The zero-order chi connectivity index (χ0) is 22.7. The fourth-order valence-electron chi connectivity index (χ4n) is 4.91. The fourth-order valence-corrected chi connectivity index (χ4v) is 4.91. The van der Waals surface area contributed by atoms with Crippen LogP contribution in [0, 0.1) is 0 Å². The van der Waals surface area contributed by atoms with E-state index < -0.39 is 23.8 Å². The smallest absolute Gasteiger partial charge is 0.413 e. The van der Waals surface area contributed by atoms with Crippen LogP contribution in [0.5, 0.6) is 5.75 Å². The average molecular weight is 450 g/mol. The van der Waals surface area contributed by atoms with Gasteiger partial charge in [-0.3, -0.25) is 9.36 Å². The van der Waals surface area contributed by atoms with Gasteiger partial charge >= 0.3 is 6.18 Å². The second-order valence-corrected chi connectivity index (χ2v) is 9.04. The molecule has 1 aromatic heterocycles. The van der Waals surface area contributed by atoms with Crippen LogP contribution in [0.4, 0.5) is 24.9 Å². The lowest BCUT2D eigenvalue weighted by atomic mass is 10.00. The molecule has 32 heavy (non-hydrogen) atoms. The van der Waals surface area contributed by atoms with Crippen LogP contribution in [0.1, 0.15) is 25.3 Å². The topological polar surface area (TPSA) is 70.8 Å². The Morgan fingerprint density at radius 2 is 1.84 bits per heavy atom. The predicted molar refractivity (Wildman–Crippen MR) is 112 cm³/mol. The summed E-state index contributed by atoms with van der Waals surface area (Å²) in [4.78, 5) is 20.6. The molecule has 1 N–H and O–H groups in total. The molecule has 3 atom stereocenters. The number of benzene rings is 1. The molecule has 5 rings (SSSR count). The number of phenols is 1. The Labute approximate surface area is 183 Å². The Hall–Kier alpha value is -2.75. The summed E-state index contributed by atoms with van der Waals surface area (Å²) in [5.74, 6) is 0.546. The molecule has 2 saturated heterocycles. The van der Waals surface area contributed by atoms with Crippen molar-refractivity contribution in [2.75, 3.05) is 29.4 Å². The first-order valence-electron chi connectivity index (χ1n) is 10.8. The summed E-state index contributed by atoms with van der Waals surface area (Å²) in [5.41, 5.74) is -1.94. The quantitative estimate of drug-likeness (QED) is 0.773. The molecule has 3 aliphatic heterocycles. The number of nitrogens with zero attached hydrogens (tertiary/aromatic N) is 4. The maximum absolute atomic E-state index is 14.2. The maximum Gasteiger partial charge on any atom is 0.413 e. The van der Waals surface area contributed by atoms with Gasteiger partial charge in [0.2, 0.25) is 5.95 Å². The lowest BCUT2D eigenvalue weighted by Gasteiger charge is -2.37. The van der Waals surface area contributed by atoms with E-state index in [1.165, 1.54) is 23.1 Å². The van der Waals surface area contributed by atoms with Crippen molar-refractivity contribution in [3.63, 3.8) is 0 Å². The summed E-state index contributed by atoms with van der Waals surface area (Å²) < 4.78 is 49.5. The van der Waals surface area contributed by atoms with E-state index in [4.69, 9.17) is 4.74 Å². The van der Waals surface area contributed by atoms with Crippen molar-refractivity contribution in [2.24, 2.45) is 0 Å². The van der Waals surface area contributed by atoms with Crippen LogP contribution in [0.15, 0.2) is 35.1 Å². The van der Waals surface area contributed by atoms with Crippen molar-refractivity contribution in [2.45, 2.75) is 56.7 Å². The first-order chi connectivity index (χ1) is 15.1. The molecular weight excluding hydrogens is 425 g/mol. The van der Waals surface area contributed by atoms with E-state index in [0.29, 0.717) is 25.3 Å². The third kappa shape index (κ3) is 3.50. The number of alkyl halides is 3. The van der Waals surface area contributed by atoms with Crippen molar-refractivity contribution < 1.29 is 23.0 Å². The van der Waals surface area contributed by atoms with Crippen LogP contribution in [-0.2, 0) is 17.7 Å². The first-order valence-corrected chi connectivity index (χ1v) is 10.8. The lowest BCUT2D eigenvalue weighted by molar-refractivity contribution is -0.182. The minimum atomic E-state index is -4.56. The fraction of sp³-hybridized carbons (Fsp3) is 0.545. The van der Waals surface area contributed by atoms with Crippen molar-refractivity contribution in [1.29, 1.82) is 0 Å². The zero-order valence-corrected chi connectivity index (χ0v) is 17.7. The van der Waals surface area contributed by atoms with Gasteiger partial charge in [0.1, 0.15) is 11.6 Å². The van der Waals surface area contributed by atoms with Crippen LogP contribution in [0.25, 0.3) is 0 Å². The highest BCUT2D eigenvalue weighted by molar-refractivity contribution is 5.50. The third-order valence-electron chi connectivity index (χ3n) is 6.82. The van der Waals surface area contributed by atoms with Gasteiger partial charge in [-0.05, 0) is 43.9 Å². The molecule has 2 unspecified atom stereocenters. The molecule has 2 bridgehead atoms. The molecule has 1 aromatic carbocycles. The molecular formula is C22H25F3N4O3. The van der Waals surface area contributed by atoms with E-state index in [1.807, 2.05) is 4.90 Å². The molecule has 0 amide bonds. The van der Waals surface area contributed by atoms with Gasteiger partial charge in [0.25, 0.3) is 5.56 Å². The number of ether oxygens (including phenoxy) is 1. The number of fused-ring (bicyclic) bond motifs is 3. The Balaban J connectivity index is 1.49. The molecule has 0 saturated carbocycles. The second-order valence-electron chi connectivity index (χ2n) is 9.04. The van der Waals surface area contributed by atoms with Crippen LogP contribution < -0.4 is 15.4 Å². The molecule has 0 spiro atoms. The number of hydrogen-bond acceptors (Lipinski definition) is 6. The van der Waals surface area contributed by atoms with Crippen LogP contribution in [0.3, 0.4) is 0 Å². The molecule has 10 heteroatoms. The number of morpholine rings is 1. The summed E-state index contributed by atoms with van der Waals surface area (Å²) in [6.07, 6.45) is -2.23. The second kappa shape index (κ2) is 7.40. The summed E-state index contributed by atoms with van der Waals surface area (Å²) >= 11 is 0. The standard InChI is InChI=1S/C22H25F3N4O3/c1-21(22(23,24)25)13-28-19(31)10-18(27-11-16-6-7-17(12-27)32-16)26-20(28)29(21)9-8-14-2-4-15(30)5-3-14/h2-5,10,16-17,30H,6-9,11-13H2,1H3/t16?,17?,21-/m0/s1. The monoisotopic (exact) mass is 450 g/mol. The number of rotatable bonds is 4. The molecule has 4 heterocycles. The summed E-state index contributed by atoms with van der Waals surface area (Å²) in [7, 11) is 0. The molecule has 2 fully saturated rings. The minimum Gasteiger partial charge on any atom is -0.508 e. The summed E-state index contributed by atoms with van der Waals surface area (Å²) in [6, 6.07) is 7.70. The van der Waals surface area contributed by atoms with Crippen molar-refractivity contribution >= 4 is 11.8 Å². The van der Waals surface area contributed by atoms with Crippen molar-refractivity contribution in [1.82, 2.24) is 9.55 Å². The molecule has 0 radical (unpaired) electrons. The minimum absolute atomic E-state index is 0.0328. The van der Waals surface area contributed by atoms with Gasteiger partial charge in [-0.25, -0.2) is 0 Å². The Kier molecular flexibility index (Phi) is 4.88.